The van der Waals surface area contributed by atoms with Crippen molar-refractivity contribution in [3.8, 4) is 0 Å². The normalized spacial score (nSPS) is 26.3. The van der Waals surface area contributed by atoms with Crippen LogP contribution in [0.4, 0.5) is 0 Å². The first-order valence-corrected chi connectivity index (χ1v) is 7.52. The predicted octanol–water partition coefficient (Wildman–Crippen LogP) is 3.70. The van der Waals surface area contributed by atoms with E-state index in [0.717, 1.165) is 5.92 Å². The van der Waals surface area contributed by atoms with Gasteiger partial charge in [0.05, 0.1) is 0 Å². The molecule has 2 nitrogen and oxygen atoms in total. The quantitative estimate of drug-likeness (QED) is 0.789. The number of nitrogens with two attached hydrogens (primary N) is 1. The zero-order chi connectivity index (χ0) is 13.3. The first-order valence-electron chi connectivity index (χ1n) is 7.52. The van der Waals surface area contributed by atoms with E-state index in [0.29, 0.717) is 18.1 Å². The zero-order valence-electron chi connectivity index (χ0n) is 12.6. The molecule has 1 fully saturated rings. The summed E-state index contributed by atoms with van der Waals surface area (Å²) in [5.41, 5.74) is 6.02. The van der Waals surface area contributed by atoms with E-state index in [1.807, 2.05) is 0 Å². The first-order chi connectivity index (χ1) is 8.01. The highest BCUT2D eigenvalue weighted by molar-refractivity contribution is 4.84. The zero-order valence-corrected chi connectivity index (χ0v) is 12.6. The van der Waals surface area contributed by atoms with Crippen molar-refractivity contribution in [1.29, 1.82) is 0 Å². The summed E-state index contributed by atoms with van der Waals surface area (Å²) in [6.07, 6.45) is 7.64. The molecule has 0 saturated heterocycles. The van der Waals surface area contributed by atoms with E-state index in [4.69, 9.17) is 5.73 Å². The van der Waals surface area contributed by atoms with E-state index < -0.39 is 0 Å². The second kappa shape index (κ2) is 9.90. The van der Waals surface area contributed by atoms with Gasteiger partial charge in [-0.05, 0) is 32.1 Å². The Morgan fingerprint density at radius 1 is 1.06 bits per heavy atom. The Kier molecular flexibility index (Phi) is 9.85. The lowest BCUT2D eigenvalue weighted by Crippen LogP contribution is -2.49. The fraction of sp³-hybridized carbons (Fsp3) is 1.00. The highest BCUT2D eigenvalue weighted by Crippen LogP contribution is 2.17. The summed E-state index contributed by atoms with van der Waals surface area (Å²) in [5.74, 6) is 0.884. The summed E-state index contributed by atoms with van der Waals surface area (Å²) in [5, 5.41) is 3.59. The van der Waals surface area contributed by atoms with Gasteiger partial charge in [0.2, 0.25) is 0 Å². The molecule has 0 radical (unpaired) electrons. The Morgan fingerprint density at radius 3 is 2.00 bits per heavy atom. The molecule has 104 valence electrons. The molecule has 0 aromatic rings. The minimum Gasteiger partial charge on any atom is -0.326 e. The molecular formula is C15H34N2. The first kappa shape index (κ1) is 16.9. The Balaban J connectivity index is 0.000000437. The third kappa shape index (κ3) is 8.62. The van der Waals surface area contributed by atoms with Crippen LogP contribution in [0.1, 0.15) is 73.1 Å². The average Bonchev–Trinajstić information content (AvgIpc) is 2.32. The van der Waals surface area contributed by atoms with Crippen LogP contribution < -0.4 is 11.1 Å². The van der Waals surface area contributed by atoms with E-state index in [9.17, 15) is 0 Å². The molecule has 1 saturated carbocycles. The maximum Gasteiger partial charge on any atom is 0.0221 e. The summed E-state index contributed by atoms with van der Waals surface area (Å²) >= 11 is 0. The van der Waals surface area contributed by atoms with Gasteiger partial charge in [-0.15, -0.1) is 0 Å². The lowest BCUT2D eigenvalue weighted by atomic mass is 9.90. The molecule has 0 bridgehead atoms. The highest BCUT2D eigenvalue weighted by Gasteiger charge is 2.21. The highest BCUT2D eigenvalue weighted by atomic mass is 15.0. The summed E-state index contributed by atoms with van der Waals surface area (Å²) in [6, 6.07) is 1.60. The number of hydrogen-bond donors (Lipinski definition) is 2. The van der Waals surface area contributed by atoms with Gasteiger partial charge in [-0.2, -0.15) is 0 Å². The topological polar surface area (TPSA) is 38.0 Å². The number of hydrogen-bond acceptors (Lipinski definition) is 2. The second-order valence-corrected chi connectivity index (χ2v) is 5.83. The van der Waals surface area contributed by atoms with Crippen LogP contribution in [-0.4, -0.2) is 18.1 Å². The standard InChI is InChI=1S/C10H22N2.C5H12/c1-3-8(2)12-10-7-5-4-6-9(10)11;1-4-5(2)3/h8-10,12H,3-7,11H2,1-2H3;5H,4H2,1-3H3. The van der Waals surface area contributed by atoms with Gasteiger partial charge in [-0.3, -0.25) is 0 Å². The molecule has 0 aromatic heterocycles. The van der Waals surface area contributed by atoms with Crippen LogP contribution in [0.2, 0.25) is 0 Å². The van der Waals surface area contributed by atoms with E-state index in [2.05, 4.69) is 39.9 Å². The van der Waals surface area contributed by atoms with E-state index >= 15 is 0 Å². The molecule has 17 heavy (non-hydrogen) atoms. The van der Waals surface area contributed by atoms with E-state index in [-0.39, 0.29) is 0 Å². The van der Waals surface area contributed by atoms with Crippen molar-refractivity contribution in [2.24, 2.45) is 11.7 Å². The van der Waals surface area contributed by atoms with E-state index in [1.165, 1.54) is 38.5 Å². The molecule has 1 aliphatic carbocycles. The number of nitrogens with one attached hydrogen (secondary N) is 1. The molecule has 0 amide bonds. The fourth-order valence-corrected chi connectivity index (χ4v) is 1.85. The van der Waals surface area contributed by atoms with Crippen LogP contribution >= 0.6 is 0 Å². The predicted molar refractivity (Wildman–Crippen MR) is 78.2 cm³/mol. The van der Waals surface area contributed by atoms with Gasteiger partial charge in [0.1, 0.15) is 0 Å². The Bertz CT molecular complexity index is 168. The minimum absolute atomic E-state index is 0.396. The lowest BCUT2D eigenvalue weighted by molar-refractivity contribution is 0.302. The van der Waals surface area contributed by atoms with Crippen molar-refractivity contribution >= 4 is 0 Å². The van der Waals surface area contributed by atoms with Gasteiger partial charge >= 0.3 is 0 Å². The van der Waals surface area contributed by atoms with Crippen LogP contribution in [-0.2, 0) is 0 Å². The summed E-state index contributed by atoms with van der Waals surface area (Å²) in [6.45, 7) is 11.1. The van der Waals surface area contributed by atoms with Crippen molar-refractivity contribution in [2.75, 3.05) is 0 Å². The summed E-state index contributed by atoms with van der Waals surface area (Å²) < 4.78 is 0. The van der Waals surface area contributed by atoms with Crippen molar-refractivity contribution in [3.63, 3.8) is 0 Å². The molecule has 1 rings (SSSR count). The maximum atomic E-state index is 6.02. The second-order valence-electron chi connectivity index (χ2n) is 5.83. The average molecular weight is 242 g/mol. The molecule has 0 aliphatic heterocycles. The van der Waals surface area contributed by atoms with Crippen molar-refractivity contribution in [3.05, 3.63) is 0 Å². The molecule has 1 aliphatic rings. The van der Waals surface area contributed by atoms with Gasteiger partial charge in [0, 0.05) is 18.1 Å². The molecule has 0 heterocycles. The van der Waals surface area contributed by atoms with Crippen LogP contribution in [0.5, 0.6) is 0 Å². The Morgan fingerprint density at radius 2 is 1.59 bits per heavy atom. The van der Waals surface area contributed by atoms with Crippen molar-refractivity contribution in [2.45, 2.75) is 91.3 Å². The molecule has 3 unspecified atom stereocenters. The third-order valence-corrected chi connectivity index (χ3v) is 3.75. The van der Waals surface area contributed by atoms with Gasteiger partial charge in [0.25, 0.3) is 0 Å². The SMILES string of the molecule is CCC(C)C.CCC(C)NC1CCCCC1N. The minimum atomic E-state index is 0.396. The molecule has 0 aromatic carbocycles. The molecule has 0 spiro atoms. The van der Waals surface area contributed by atoms with Crippen LogP contribution in [0, 0.1) is 5.92 Å². The van der Waals surface area contributed by atoms with Gasteiger partial charge in [-0.1, -0.05) is 47.0 Å². The number of rotatable bonds is 4. The molecule has 3 N–H and O–H groups in total. The van der Waals surface area contributed by atoms with Gasteiger partial charge in [-0.25, -0.2) is 0 Å². The van der Waals surface area contributed by atoms with E-state index in [1.54, 1.807) is 0 Å². The van der Waals surface area contributed by atoms with Gasteiger partial charge in [0.15, 0.2) is 0 Å². The largest absolute Gasteiger partial charge is 0.326 e. The lowest BCUT2D eigenvalue weighted by Gasteiger charge is -2.31. The maximum absolute atomic E-state index is 6.02. The van der Waals surface area contributed by atoms with Crippen LogP contribution in [0.25, 0.3) is 0 Å². The summed E-state index contributed by atoms with van der Waals surface area (Å²) in [7, 11) is 0. The van der Waals surface area contributed by atoms with Crippen LogP contribution in [0.3, 0.4) is 0 Å². The van der Waals surface area contributed by atoms with Crippen molar-refractivity contribution < 1.29 is 0 Å². The molecule has 3 atom stereocenters. The molecular weight excluding hydrogens is 208 g/mol. The monoisotopic (exact) mass is 242 g/mol. The smallest absolute Gasteiger partial charge is 0.0221 e. The fourth-order valence-electron chi connectivity index (χ4n) is 1.85. The van der Waals surface area contributed by atoms with Crippen LogP contribution in [0.15, 0.2) is 0 Å². The molecule has 2 heteroatoms. The third-order valence-electron chi connectivity index (χ3n) is 3.75. The Labute approximate surface area is 109 Å². The Hall–Kier alpha value is -0.0800. The van der Waals surface area contributed by atoms with Crippen molar-refractivity contribution in [1.82, 2.24) is 5.32 Å². The summed E-state index contributed by atoms with van der Waals surface area (Å²) in [4.78, 5) is 0. The van der Waals surface area contributed by atoms with Gasteiger partial charge < -0.3 is 11.1 Å².